The molecule has 0 bridgehead atoms. The highest BCUT2D eigenvalue weighted by Gasteiger charge is 2.32. The minimum Gasteiger partial charge on any atom is -0.393 e. The first kappa shape index (κ1) is 14.1. The summed E-state index contributed by atoms with van der Waals surface area (Å²) >= 11 is 10.7. The first-order valence-electron chi connectivity index (χ1n) is 6.18. The summed E-state index contributed by atoms with van der Waals surface area (Å²) in [5.74, 6) is 0. The van der Waals surface area contributed by atoms with Crippen LogP contribution >= 0.6 is 23.8 Å². The Morgan fingerprint density at radius 3 is 2.84 bits per heavy atom. The number of benzene rings is 1. The topological polar surface area (TPSA) is 58.4 Å². The Kier molecular flexibility index (Phi) is 4.61. The third-order valence-electron chi connectivity index (χ3n) is 2.92. The van der Waals surface area contributed by atoms with Gasteiger partial charge in [0.2, 0.25) is 0 Å². The van der Waals surface area contributed by atoms with Gasteiger partial charge in [-0.2, -0.15) is 0 Å². The molecule has 4 nitrogen and oxygen atoms in total. The van der Waals surface area contributed by atoms with E-state index in [0.29, 0.717) is 34.7 Å². The Labute approximate surface area is 122 Å². The van der Waals surface area contributed by atoms with Gasteiger partial charge in [0, 0.05) is 29.7 Å². The van der Waals surface area contributed by atoms with Crippen molar-refractivity contribution in [1.82, 2.24) is 4.90 Å². The Hall–Kier alpha value is -1.33. The fourth-order valence-corrected chi connectivity index (χ4v) is 2.11. The van der Waals surface area contributed by atoms with E-state index < -0.39 is 0 Å². The molecule has 0 atom stereocenters. The quantitative estimate of drug-likeness (QED) is 0.821. The number of carbonyl (C=O) groups excluding carboxylic acids is 1. The SMILES string of the molecule is NC(=S)CCN(C(=O)Nc1cccc(Cl)c1)C1CC1. The minimum absolute atomic E-state index is 0.124. The maximum atomic E-state index is 12.2. The second-order valence-corrected chi connectivity index (χ2v) is 5.54. The van der Waals surface area contributed by atoms with Crippen LogP contribution in [0.2, 0.25) is 5.02 Å². The molecule has 0 aromatic heterocycles. The van der Waals surface area contributed by atoms with Gasteiger partial charge < -0.3 is 16.0 Å². The number of hydrogen-bond donors (Lipinski definition) is 2. The van der Waals surface area contributed by atoms with Crippen LogP contribution in [0.4, 0.5) is 10.5 Å². The van der Waals surface area contributed by atoms with Crippen LogP contribution in [0.1, 0.15) is 19.3 Å². The van der Waals surface area contributed by atoms with E-state index in [-0.39, 0.29) is 6.03 Å². The lowest BCUT2D eigenvalue weighted by Crippen LogP contribution is -2.38. The van der Waals surface area contributed by atoms with Gasteiger partial charge in [-0.25, -0.2) is 4.79 Å². The van der Waals surface area contributed by atoms with E-state index in [9.17, 15) is 4.79 Å². The number of halogens is 1. The molecule has 0 heterocycles. The monoisotopic (exact) mass is 297 g/mol. The van der Waals surface area contributed by atoms with Crippen molar-refractivity contribution in [3.05, 3.63) is 29.3 Å². The lowest BCUT2D eigenvalue weighted by molar-refractivity contribution is 0.210. The summed E-state index contributed by atoms with van der Waals surface area (Å²) in [6.45, 7) is 0.562. The molecule has 0 unspecified atom stereocenters. The van der Waals surface area contributed by atoms with Gasteiger partial charge >= 0.3 is 6.03 Å². The van der Waals surface area contributed by atoms with Gasteiger partial charge in [-0.05, 0) is 31.0 Å². The lowest BCUT2D eigenvalue weighted by Gasteiger charge is -2.22. The van der Waals surface area contributed by atoms with Gasteiger partial charge in [-0.15, -0.1) is 0 Å². The number of urea groups is 1. The van der Waals surface area contributed by atoms with Crippen molar-refractivity contribution in [3.63, 3.8) is 0 Å². The highest BCUT2D eigenvalue weighted by Crippen LogP contribution is 2.27. The lowest BCUT2D eigenvalue weighted by atomic mass is 10.3. The van der Waals surface area contributed by atoms with Gasteiger partial charge in [0.05, 0.1) is 4.99 Å². The number of carbonyl (C=O) groups is 1. The van der Waals surface area contributed by atoms with Crippen LogP contribution in [0.25, 0.3) is 0 Å². The molecule has 19 heavy (non-hydrogen) atoms. The second kappa shape index (κ2) is 6.21. The Morgan fingerprint density at radius 1 is 1.53 bits per heavy atom. The maximum absolute atomic E-state index is 12.2. The number of nitrogens with one attached hydrogen (secondary N) is 1. The van der Waals surface area contributed by atoms with Crippen molar-refractivity contribution in [3.8, 4) is 0 Å². The fraction of sp³-hybridized carbons (Fsp3) is 0.385. The van der Waals surface area contributed by atoms with E-state index >= 15 is 0 Å². The molecular weight excluding hydrogens is 282 g/mol. The molecule has 1 aromatic rings. The molecule has 1 fully saturated rings. The van der Waals surface area contributed by atoms with Gasteiger partial charge in [0.1, 0.15) is 0 Å². The van der Waals surface area contributed by atoms with Crippen LogP contribution < -0.4 is 11.1 Å². The van der Waals surface area contributed by atoms with Crippen LogP contribution in [0.15, 0.2) is 24.3 Å². The zero-order valence-electron chi connectivity index (χ0n) is 10.4. The number of rotatable bonds is 5. The highest BCUT2D eigenvalue weighted by atomic mass is 35.5. The summed E-state index contributed by atoms with van der Waals surface area (Å²) in [5.41, 5.74) is 6.18. The first-order chi connectivity index (χ1) is 9.06. The zero-order chi connectivity index (χ0) is 13.8. The summed E-state index contributed by atoms with van der Waals surface area (Å²) in [5, 5.41) is 3.44. The van der Waals surface area contributed by atoms with Gasteiger partial charge in [-0.1, -0.05) is 29.9 Å². The molecule has 1 aliphatic carbocycles. The molecule has 0 spiro atoms. The van der Waals surface area contributed by atoms with Crippen molar-refractivity contribution in [2.24, 2.45) is 5.73 Å². The van der Waals surface area contributed by atoms with Crippen molar-refractivity contribution in [2.45, 2.75) is 25.3 Å². The third-order valence-corrected chi connectivity index (χ3v) is 3.36. The average molecular weight is 298 g/mol. The summed E-state index contributed by atoms with van der Waals surface area (Å²) in [6.07, 6.45) is 2.63. The normalized spacial score (nSPS) is 13.9. The number of nitrogens with zero attached hydrogens (tertiary/aromatic N) is 1. The van der Waals surface area contributed by atoms with Gasteiger partial charge in [-0.3, -0.25) is 0 Å². The van der Waals surface area contributed by atoms with E-state index in [4.69, 9.17) is 29.6 Å². The van der Waals surface area contributed by atoms with Crippen LogP contribution in [0.3, 0.4) is 0 Å². The molecule has 0 saturated heterocycles. The molecule has 1 aromatic carbocycles. The number of anilines is 1. The average Bonchev–Trinajstić information content (AvgIpc) is 3.13. The predicted octanol–water partition coefficient (Wildman–Crippen LogP) is 3.01. The van der Waals surface area contributed by atoms with Crippen molar-refractivity contribution >= 4 is 40.5 Å². The molecule has 1 saturated carbocycles. The zero-order valence-corrected chi connectivity index (χ0v) is 12.0. The Balaban J connectivity index is 1.97. The third kappa shape index (κ3) is 4.36. The van der Waals surface area contributed by atoms with E-state index in [1.807, 2.05) is 6.07 Å². The van der Waals surface area contributed by atoms with Crippen LogP contribution in [0, 0.1) is 0 Å². The summed E-state index contributed by atoms with van der Waals surface area (Å²) < 4.78 is 0. The predicted molar refractivity (Wildman–Crippen MR) is 81.6 cm³/mol. The van der Waals surface area contributed by atoms with E-state index in [1.54, 1.807) is 23.1 Å². The molecule has 3 N–H and O–H groups in total. The van der Waals surface area contributed by atoms with Crippen molar-refractivity contribution < 1.29 is 4.79 Å². The van der Waals surface area contributed by atoms with Crippen LogP contribution in [0.5, 0.6) is 0 Å². The summed E-state index contributed by atoms with van der Waals surface area (Å²) in [6, 6.07) is 7.28. The molecule has 0 radical (unpaired) electrons. The van der Waals surface area contributed by atoms with Crippen LogP contribution in [-0.2, 0) is 0 Å². The molecular formula is C13H16ClN3OS. The van der Waals surface area contributed by atoms with Crippen molar-refractivity contribution in [1.29, 1.82) is 0 Å². The Morgan fingerprint density at radius 2 is 2.26 bits per heavy atom. The number of amides is 2. The standard InChI is InChI=1S/C13H16ClN3OS/c14-9-2-1-3-10(8-9)16-13(18)17(11-4-5-11)7-6-12(15)19/h1-3,8,11H,4-7H2,(H2,15,19)(H,16,18). The molecule has 2 amide bonds. The number of hydrogen-bond acceptors (Lipinski definition) is 2. The van der Waals surface area contributed by atoms with E-state index in [2.05, 4.69) is 5.32 Å². The number of nitrogens with two attached hydrogens (primary N) is 1. The van der Waals surface area contributed by atoms with E-state index in [0.717, 1.165) is 12.8 Å². The summed E-state index contributed by atoms with van der Waals surface area (Å²) in [4.78, 5) is 14.4. The largest absolute Gasteiger partial charge is 0.393 e. The first-order valence-corrected chi connectivity index (χ1v) is 6.96. The fourth-order valence-electron chi connectivity index (χ4n) is 1.83. The van der Waals surface area contributed by atoms with E-state index in [1.165, 1.54) is 0 Å². The molecule has 1 aliphatic rings. The Bertz CT molecular complexity index is 491. The number of thiocarbonyl (C=S) groups is 1. The molecule has 102 valence electrons. The summed E-state index contributed by atoms with van der Waals surface area (Å²) in [7, 11) is 0. The van der Waals surface area contributed by atoms with Crippen molar-refractivity contribution in [2.75, 3.05) is 11.9 Å². The maximum Gasteiger partial charge on any atom is 0.322 e. The van der Waals surface area contributed by atoms with Gasteiger partial charge in [0.15, 0.2) is 0 Å². The molecule has 0 aliphatic heterocycles. The van der Waals surface area contributed by atoms with Gasteiger partial charge in [0.25, 0.3) is 0 Å². The molecule has 2 rings (SSSR count). The smallest absolute Gasteiger partial charge is 0.322 e. The minimum atomic E-state index is -0.124. The molecule has 6 heteroatoms. The van der Waals surface area contributed by atoms with Crippen LogP contribution in [-0.4, -0.2) is 28.5 Å². The highest BCUT2D eigenvalue weighted by molar-refractivity contribution is 7.80. The second-order valence-electron chi connectivity index (χ2n) is 4.58.